The molecule has 0 saturated carbocycles. The number of thioether (sulfide) groups is 1. The zero-order valence-corrected chi connectivity index (χ0v) is 14.4. The van der Waals surface area contributed by atoms with Gasteiger partial charge >= 0.3 is 0 Å². The summed E-state index contributed by atoms with van der Waals surface area (Å²) >= 11 is 0.965. The molecule has 0 radical (unpaired) electrons. The number of rotatable bonds is 4. The van der Waals surface area contributed by atoms with E-state index in [1.54, 1.807) is 48.5 Å². The molecule has 1 aliphatic rings. The molecular weight excluding hydrogens is 355 g/mol. The van der Waals surface area contributed by atoms with Gasteiger partial charge in [-0.3, -0.25) is 9.59 Å². The Morgan fingerprint density at radius 3 is 2.58 bits per heavy atom. The smallest absolute Gasteiger partial charge is 0.247 e. The fourth-order valence-electron chi connectivity index (χ4n) is 2.44. The zero-order valence-electron chi connectivity index (χ0n) is 13.6. The summed E-state index contributed by atoms with van der Waals surface area (Å²) < 4.78 is 13.5. The van der Waals surface area contributed by atoms with Crippen LogP contribution in [0.5, 0.6) is 0 Å². The number of para-hydroxylation sites is 1. The third kappa shape index (κ3) is 3.97. The van der Waals surface area contributed by atoms with Crippen LogP contribution < -0.4 is 10.6 Å². The lowest BCUT2D eigenvalue weighted by Crippen LogP contribution is -2.31. The van der Waals surface area contributed by atoms with Crippen molar-refractivity contribution in [3.63, 3.8) is 0 Å². The number of nitrogens with two attached hydrogens (primary N) is 1. The zero-order chi connectivity index (χ0) is 18.5. The van der Waals surface area contributed by atoms with Gasteiger partial charge in [0.2, 0.25) is 11.8 Å². The third-order valence-electron chi connectivity index (χ3n) is 3.64. The molecule has 2 aromatic carbocycles. The number of hydrogen-bond acceptors (Lipinski definition) is 5. The van der Waals surface area contributed by atoms with Crippen LogP contribution in [0.1, 0.15) is 12.0 Å². The number of hydrogen-bond donors (Lipinski definition) is 1. The van der Waals surface area contributed by atoms with Gasteiger partial charge < -0.3 is 5.73 Å². The number of carbonyl (C=O) groups is 2. The number of amides is 2. The lowest BCUT2D eigenvalue weighted by Gasteiger charge is -2.14. The number of nitrogens with zero attached hydrogens (tertiary/aromatic N) is 3. The van der Waals surface area contributed by atoms with Gasteiger partial charge in [0.15, 0.2) is 5.17 Å². The minimum Gasteiger partial charge on any atom is -0.377 e. The Balaban J connectivity index is 1.66. The van der Waals surface area contributed by atoms with Crippen molar-refractivity contribution < 1.29 is 14.0 Å². The molecule has 0 aliphatic carbocycles. The molecule has 132 valence electrons. The van der Waals surface area contributed by atoms with Crippen molar-refractivity contribution in [2.45, 2.75) is 11.7 Å². The van der Waals surface area contributed by atoms with Crippen LogP contribution in [0.25, 0.3) is 0 Å². The molecule has 3 rings (SSSR count). The topological polar surface area (TPSA) is 88.1 Å². The number of imide groups is 1. The molecule has 1 saturated heterocycles. The average molecular weight is 370 g/mol. The molecule has 1 atom stereocenters. The SMILES string of the molecule is N/C(=N\N=C\c1ccccc1F)SC1CC(=O)N(c2ccccc2)C1=O. The fraction of sp³-hybridized carbons (Fsp3) is 0.111. The summed E-state index contributed by atoms with van der Waals surface area (Å²) in [7, 11) is 0. The quantitative estimate of drug-likeness (QED) is 0.388. The number of halogens is 1. The number of benzene rings is 2. The highest BCUT2D eigenvalue weighted by Gasteiger charge is 2.40. The second-order valence-electron chi connectivity index (χ2n) is 5.42. The lowest BCUT2D eigenvalue weighted by molar-refractivity contribution is -0.121. The fourth-order valence-corrected chi connectivity index (χ4v) is 3.26. The summed E-state index contributed by atoms with van der Waals surface area (Å²) in [4.78, 5) is 25.8. The van der Waals surface area contributed by atoms with Gasteiger partial charge in [-0.1, -0.05) is 48.2 Å². The summed E-state index contributed by atoms with van der Waals surface area (Å²) in [6, 6.07) is 14.8. The van der Waals surface area contributed by atoms with E-state index in [9.17, 15) is 14.0 Å². The molecular formula is C18H15FN4O2S. The van der Waals surface area contributed by atoms with E-state index in [1.807, 2.05) is 0 Å². The molecule has 0 aromatic heterocycles. The molecule has 1 aliphatic heterocycles. The molecule has 0 bridgehead atoms. The van der Waals surface area contributed by atoms with Crippen LogP contribution in [0, 0.1) is 5.82 Å². The van der Waals surface area contributed by atoms with Crippen molar-refractivity contribution in [1.29, 1.82) is 0 Å². The van der Waals surface area contributed by atoms with Crippen molar-refractivity contribution in [1.82, 2.24) is 0 Å². The summed E-state index contributed by atoms with van der Waals surface area (Å²) in [6.07, 6.45) is 1.27. The molecule has 6 nitrogen and oxygen atoms in total. The van der Waals surface area contributed by atoms with Gasteiger partial charge in [0, 0.05) is 12.0 Å². The summed E-state index contributed by atoms with van der Waals surface area (Å²) in [5, 5.41) is 6.86. The van der Waals surface area contributed by atoms with Crippen molar-refractivity contribution in [2.24, 2.45) is 15.9 Å². The van der Waals surface area contributed by atoms with Gasteiger partial charge in [0.05, 0.1) is 11.9 Å². The van der Waals surface area contributed by atoms with Gasteiger partial charge in [-0.25, -0.2) is 9.29 Å². The minimum atomic E-state index is -0.657. The number of amidine groups is 1. The molecule has 1 fully saturated rings. The maximum Gasteiger partial charge on any atom is 0.247 e. The maximum absolute atomic E-state index is 13.5. The van der Waals surface area contributed by atoms with Crippen LogP contribution in [0.15, 0.2) is 64.8 Å². The molecule has 2 N–H and O–H groups in total. The van der Waals surface area contributed by atoms with Gasteiger partial charge in [-0.2, -0.15) is 5.10 Å². The van der Waals surface area contributed by atoms with Crippen LogP contribution in [0.4, 0.5) is 10.1 Å². The second kappa shape index (κ2) is 7.92. The number of carbonyl (C=O) groups excluding carboxylic acids is 2. The van der Waals surface area contributed by atoms with E-state index in [1.165, 1.54) is 12.3 Å². The van der Waals surface area contributed by atoms with Crippen LogP contribution >= 0.6 is 11.8 Å². The van der Waals surface area contributed by atoms with Crippen LogP contribution in [-0.4, -0.2) is 28.4 Å². The molecule has 1 unspecified atom stereocenters. The van der Waals surface area contributed by atoms with E-state index in [-0.39, 0.29) is 29.0 Å². The highest BCUT2D eigenvalue weighted by molar-refractivity contribution is 8.14. The van der Waals surface area contributed by atoms with Crippen molar-refractivity contribution in [3.05, 3.63) is 66.0 Å². The standard InChI is InChI=1S/C18H15FN4O2S/c19-14-9-5-4-6-12(14)11-21-22-18(20)26-15-10-16(24)23(17(15)25)13-7-2-1-3-8-13/h1-9,11,15H,10H2,(H2,20,22)/b21-11+. The molecule has 26 heavy (non-hydrogen) atoms. The average Bonchev–Trinajstić information content (AvgIpc) is 2.91. The van der Waals surface area contributed by atoms with Crippen LogP contribution in [-0.2, 0) is 9.59 Å². The molecule has 8 heteroatoms. The molecule has 2 amide bonds. The molecule has 0 spiro atoms. The predicted octanol–water partition coefficient (Wildman–Crippen LogP) is 2.54. The Kier molecular flexibility index (Phi) is 5.43. The number of anilines is 1. The van der Waals surface area contributed by atoms with Crippen LogP contribution in [0.3, 0.4) is 0 Å². The largest absolute Gasteiger partial charge is 0.377 e. The lowest BCUT2D eigenvalue weighted by atomic mass is 10.2. The van der Waals surface area contributed by atoms with Gasteiger partial charge in [-0.05, 0) is 18.2 Å². The van der Waals surface area contributed by atoms with E-state index < -0.39 is 11.1 Å². The first-order chi connectivity index (χ1) is 12.6. The summed E-state index contributed by atoms with van der Waals surface area (Å²) in [6.45, 7) is 0. The second-order valence-corrected chi connectivity index (χ2v) is 6.64. The first kappa shape index (κ1) is 17.8. The van der Waals surface area contributed by atoms with E-state index >= 15 is 0 Å². The third-order valence-corrected chi connectivity index (χ3v) is 4.62. The van der Waals surface area contributed by atoms with Crippen LogP contribution in [0.2, 0.25) is 0 Å². The molecule has 1 heterocycles. The minimum absolute atomic E-state index is 0.0265. The first-order valence-corrected chi connectivity index (χ1v) is 8.64. The van der Waals surface area contributed by atoms with Gasteiger partial charge in [0.1, 0.15) is 11.1 Å². The predicted molar refractivity (Wildman–Crippen MR) is 101 cm³/mol. The first-order valence-electron chi connectivity index (χ1n) is 7.76. The Hall–Kier alpha value is -3.00. The van der Waals surface area contributed by atoms with E-state index in [0.29, 0.717) is 5.69 Å². The van der Waals surface area contributed by atoms with Gasteiger partial charge in [0.25, 0.3) is 0 Å². The Labute approximate surface area is 153 Å². The summed E-state index contributed by atoms with van der Waals surface area (Å²) in [5.41, 5.74) is 6.57. The highest BCUT2D eigenvalue weighted by atomic mass is 32.2. The van der Waals surface area contributed by atoms with Crippen molar-refractivity contribution >= 4 is 40.6 Å². The van der Waals surface area contributed by atoms with E-state index in [2.05, 4.69) is 10.2 Å². The maximum atomic E-state index is 13.5. The Morgan fingerprint density at radius 1 is 1.15 bits per heavy atom. The Bertz CT molecular complexity index is 886. The summed E-state index contributed by atoms with van der Waals surface area (Å²) in [5.74, 6) is -1.06. The monoisotopic (exact) mass is 370 g/mol. The van der Waals surface area contributed by atoms with Crippen molar-refractivity contribution in [3.8, 4) is 0 Å². The molecule has 2 aromatic rings. The van der Waals surface area contributed by atoms with Gasteiger partial charge in [-0.15, -0.1) is 5.10 Å². The van der Waals surface area contributed by atoms with E-state index in [0.717, 1.165) is 16.7 Å². The Morgan fingerprint density at radius 2 is 1.85 bits per heavy atom. The van der Waals surface area contributed by atoms with Crippen molar-refractivity contribution in [2.75, 3.05) is 4.90 Å². The normalized spacial score (nSPS) is 18.1. The highest BCUT2D eigenvalue weighted by Crippen LogP contribution is 2.29. The van der Waals surface area contributed by atoms with E-state index in [4.69, 9.17) is 5.73 Å².